The molecule has 0 atom stereocenters. The van der Waals surface area contributed by atoms with E-state index in [-0.39, 0.29) is 18.0 Å². The van der Waals surface area contributed by atoms with Crippen molar-refractivity contribution in [2.75, 3.05) is 0 Å². The van der Waals surface area contributed by atoms with Gasteiger partial charge in [0, 0.05) is 18.9 Å². The second-order valence-corrected chi connectivity index (χ2v) is 6.62. The van der Waals surface area contributed by atoms with Gasteiger partial charge < -0.3 is 5.11 Å². The summed E-state index contributed by atoms with van der Waals surface area (Å²) in [4.78, 5) is 4.17. The maximum Gasteiger partial charge on any atom is 0.241 e. The van der Waals surface area contributed by atoms with Crippen molar-refractivity contribution in [1.29, 1.82) is 0 Å². The molecule has 112 valence electrons. The van der Waals surface area contributed by atoms with E-state index in [9.17, 15) is 8.42 Å². The quantitative estimate of drug-likeness (QED) is 0.880. The van der Waals surface area contributed by atoms with Gasteiger partial charge in [-0.15, -0.1) is 0 Å². The number of aliphatic hydroxyl groups is 1. The topological polar surface area (TPSA) is 79.3 Å². The second kappa shape index (κ2) is 6.34. The number of pyridine rings is 1. The Morgan fingerprint density at radius 3 is 2.62 bits per heavy atom. The molecular weight excluding hydrogens is 288 g/mol. The molecule has 2 N–H and O–H groups in total. The average Bonchev–Trinajstić information content (AvgIpc) is 2.47. The van der Waals surface area contributed by atoms with Gasteiger partial charge in [-0.2, -0.15) is 0 Å². The van der Waals surface area contributed by atoms with Gasteiger partial charge >= 0.3 is 0 Å². The van der Waals surface area contributed by atoms with Gasteiger partial charge in [0.25, 0.3) is 0 Å². The van der Waals surface area contributed by atoms with Crippen LogP contribution in [0.15, 0.2) is 41.6 Å². The fourth-order valence-electron chi connectivity index (χ4n) is 1.98. The SMILES string of the molecule is Cc1cnccc1CNS(=O)(=O)c1cc(CO)ccc1C. The molecule has 0 unspecified atom stereocenters. The monoisotopic (exact) mass is 306 g/mol. The Balaban J connectivity index is 2.25. The van der Waals surface area contributed by atoms with E-state index in [2.05, 4.69) is 9.71 Å². The van der Waals surface area contributed by atoms with Gasteiger partial charge in [0.15, 0.2) is 0 Å². The molecule has 0 saturated heterocycles. The summed E-state index contributed by atoms with van der Waals surface area (Å²) in [5, 5.41) is 9.14. The highest BCUT2D eigenvalue weighted by atomic mass is 32.2. The third-order valence-corrected chi connectivity index (χ3v) is 4.86. The summed E-state index contributed by atoms with van der Waals surface area (Å²) < 4.78 is 27.4. The first kappa shape index (κ1) is 15.6. The Labute approximate surface area is 124 Å². The van der Waals surface area contributed by atoms with Gasteiger partial charge in [-0.3, -0.25) is 4.98 Å². The number of nitrogens with one attached hydrogen (secondary N) is 1. The van der Waals surface area contributed by atoms with Crippen LogP contribution < -0.4 is 4.72 Å². The number of aryl methyl sites for hydroxylation is 2. The van der Waals surface area contributed by atoms with Crippen molar-refractivity contribution < 1.29 is 13.5 Å². The molecule has 0 radical (unpaired) electrons. The zero-order valence-electron chi connectivity index (χ0n) is 12.0. The van der Waals surface area contributed by atoms with Gasteiger partial charge in [-0.05, 0) is 48.2 Å². The van der Waals surface area contributed by atoms with Crippen molar-refractivity contribution in [2.24, 2.45) is 0 Å². The number of aliphatic hydroxyl groups excluding tert-OH is 1. The number of sulfonamides is 1. The summed E-state index contributed by atoms with van der Waals surface area (Å²) in [6, 6.07) is 6.69. The van der Waals surface area contributed by atoms with E-state index in [1.807, 2.05) is 6.92 Å². The van der Waals surface area contributed by atoms with E-state index in [1.54, 1.807) is 37.5 Å². The highest BCUT2D eigenvalue weighted by Crippen LogP contribution is 2.18. The molecule has 1 heterocycles. The highest BCUT2D eigenvalue weighted by molar-refractivity contribution is 7.89. The molecule has 0 aliphatic rings. The van der Waals surface area contributed by atoms with Crippen LogP contribution in [0.2, 0.25) is 0 Å². The fraction of sp³-hybridized carbons (Fsp3) is 0.267. The normalized spacial score (nSPS) is 11.6. The highest BCUT2D eigenvalue weighted by Gasteiger charge is 2.17. The Morgan fingerprint density at radius 1 is 1.19 bits per heavy atom. The number of hydrogen-bond acceptors (Lipinski definition) is 4. The summed E-state index contributed by atoms with van der Waals surface area (Å²) in [5.41, 5.74) is 3.03. The van der Waals surface area contributed by atoms with Gasteiger partial charge in [0.1, 0.15) is 0 Å². The zero-order valence-corrected chi connectivity index (χ0v) is 12.8. The van der Waals surface area contributed by atoms with Crippen molar-refractivity contribution in [1.82, 2.24) is 9.71 Å². The van der Waals surface area contributed by atoms with Crippen molar-refractivity contribution in [3.05, 3.63) is 58.9 Å². The average molecular weight is 306 g/mol. The van der Waals surface area contributed by atoms with Crippen LogP contribution in [-0.4, -0.2) is 18.5 Å². The largest absolute Gasteiger partial charge is 0.392 e. The van der Waals surface area contributed by atoms with Crippen LogP contribution in [0.5, 0.6) is 0 Å². The number of hydrogen-bond donors (Lipinski definition) is 2. The maximum atomic E-state index is 12.4. The van der Waals surface area contributed by atoms with Gasteiger partial charge in [-0.25, -0.2) is 13.1 Å². The summed E-state index contributed by atoms with van der Waals surface area (Å²) in [6.07, 6.45) is 3.33. The fourth-order valence-corrected chi connectivity index (χ4v) is 3.28. The molecule has 1 aromatic carbocycles. The molecule has 5 nitrogen and oxygen atoms in total. The summed E-state index contributed by atoms with van der Waals surface area (Å²) in [6.45, 7) is 3.63. The molecule has 0 spiro atoms. The van der Waals surface area contributed by atoms with Gasteiger partial charge in [-0.1, -0.05) is 12.1 Å². The van der Waals surface area contributed by atoms with Crippen molar-refractivity contribution >= 4 is 10.0 Å². The molecule has 21 heavy (non-hydrogen) atoms. The molecule has 0 fully saturated rings. The van der Waals surface area contributed by atoms with Gasteiger partial charge in [0.05, 0.1) is 11.5 Å². The first-order valence-electron chi connectivity index (χ1n) is 6.53. The van der Waals surface area contributed by atoms with E-state index in [0.717, 1.165) is 11.1 Å². The number of benzene rings is 1. The molecule has 1 aromatic heterocycles. The molecule has 0 aliphatic heterocycles. The van der Waals surface area contributed by atoms with Crippen LogP contribution in [0.4, 0.5) is 0 Å². The number of rotatable bonds is 5. The lowest BCUT2D eigenvalue weighted by Crippen LogP contribution is -2.24. The smallest absolute Gasteiger partial charge is 0.241 e. The van der Waals surface area contributed by atoms with Crippen molar-refractivity contribution in [3.63, 3.8) is 0 Å². The number of nitrogens with zero attached hydrogens (tertiary/aromatic N) is 1. The van der Waals surface area contributed by atoms with Gasteiger partial charge in [0.2, 0.25) is 10.0 Å². The van der Waals surface area contributed by atoms with Crippen molar-refractivity contribution in [2.45, 2.75) is 31.9 Å². The predicted octanol–water partition coefficient (Wildman–Crippen LogP) is 1.67. The molecule has 0 amide bonds. The standard InChI is InChI=1S/C15H18N2O3S/c1-11-3-4-13(10-18)7-15(11)21(19,20)17-9-14-5-6-16-8-12(14)2/h3-8,17-18H,9-10H2,1-2H3. The molecule has 0 aliphatic carbocycles. The minimum Gasteiger partial charge on any atom is -0.392 e. The van der Waals surface area contributed by atoms with E-state index >= 15 is 0 Å². The summed E-state index contributed by atoms with van der Waals surface area (Å²) in [5.74, 6) is 0. The molecule has 6 heteroatoms. The summed E-state index contributed by atoms with van der Waals surface area (Å²) >= 11 is 0. The van der Waals surface area contributed by atoms with E-state index in [0.29, 0.717) is 11.1 Å². The van der Waals surface area contributed by atoms with Crippen LogP contribution in [-0.2, 0) is 23.2 Å². The summed E-state index contributed by atoms with van der Waals surface area (Å²) in [7, 11) is -3.62. The van der Waals surface area contributed by atoms with E-state index < -0.39 is 10.0 Å². The Hall–Kier alpha value is -1.76. The minimum absolute atomic E-state index is 0.188. The lowest BCUT2D eigenvalue weighted by atomic mass is 10.2. The molecule has 0 saturated carbocycles. The first-order chi connectivity index (χ1) is 9.94. The molecule has 2 aromatic rings. The predicted molar refractivity (Wildman–Crippen MR) is 80.1 cm³/mol. The van der Waals surface area contributed by atoms with Crippen LogP contribution >= 0.6 is 0 Å². The Morgan fingerprint density at radius 2 is 1.95 bits per heavy atom. The van der Waals surface area contributed by atoms with E-state index in [1.165, 1.54) is 6.07 Å². The number of aromatic nitrogens is 1. The third-order valence-electron chi connectivity index (χ3n) is 3.31. The molecule has 2 rings (SSSR count). The Bertz CT molecular complexity index is 742. The second-order valence-electron chi connectivity index (χ2n) is 4.88. The van der Waals surface area contributed by atoms with Crippen LogP contribution in [0.1, 0.15) is 22.3 Å². The molecular formula is C15H18N2O3S. The lowest BCUT2D eigenvalue weighted by molar-refractivity contribution is 0.281. The first-order valence-corrected chi connectivity index (χ1v) is 8.02. The van der Waals surface area contributed by atoms with Crippen LogP contribution in [0.3, 0.4) is 0 Å². The zero-order chi connectivity index (χ0) is 15.5. The third kappa shape index (κ3) is 3.66. The maximum absolute atomic E-state index is 12.4. The Kier molecular flexibility index (Phi) is 4.72. The van der Waals surface area contributed by atoms with Crippen LogP contribution in [0.25, 0.3) is 0 Å². The van der Waals surface area contributed by atoms with Crippen LogP contribution in [0, 0.1) is 13.8 Å². The lowest BCUT2D eigenvalue weighted by Gasteiger charge is -2.11. The van der Waals surface area contributed by atoms with Crippen molar-refractivity contribution in [3.8, 4) is 0 Å². The molecule has 0 bridgehead atoms. The minimum atomic E-state index is -3.62. The van der Waals surface area contributed by atoms with E-state index in [4.69, 9.17) is 5.11 Å².